The number of aryl methyl sites for hydroxylation is 1. The lowest BCUT2D eigenvalue weighted by Crippen LogP contribution is -2.30. The molecule has 0 radical (unpaired) electrons. The summed E-state index contributed by atoms with van der Waals surface area (Å²) in [6, 6.07) is 0.0799. The fourth-order valence-electron chi connectivity index (χ4n) is 1.84. The minimum Gasteiger partial charge on any atom is -0.354 e. The van der Waals surface area contributed by atoms with Crippen molar-refractivity contribution in [2.45, 2.75) is 40.7 Å². The molecular weight excluding hydrogens is 204 g/mol. The second-order valence-corrected chi connectivity index (χ2v) is 4.31. The number of aromatic amines is 1. The van der Waals surface area contributed by atoms with E-state index < -0.39 is 0 Å². The summed E-state index contributed by atoms with van der Waals surface area (Å²) < 4.78 is 0. The molecule has 0 aliphatic rings. The van der Waals surface area contributed by atoms with Gasteiger partial charge in [-0.2, -0.15) is 0 Å². The van der Waals surface area contributed by atoms with Crippen LogP contribution in [0.4, 0.5) is 0 Å². The van der Waals surface area contributed by atoms with Gasteiger partial charge in [-0.25, -0.2) is 0 Å². The molecule has 0 unspecified atom stereocenters. The smallest absolute Gasteiger partial charge is 0.268 e. The van der Waals surface area contributed by atoms with Crippen molar-refractivity contribution in [3.8, 4) is 0 Å². The molecule has 1 aromatic heterocycles. The summed E-state index contributed by atoms with van der Waals surface area (Å²) in [6.45, 7) is 8.89. The molecule has 0 spiro atoms. The summed E-state index contributed by atoms with van der Waals surface area (Å²) in [7, 11) is 0. The summed E-state index contributed by atoms with van der Waals surface area (Å²) in [5, 5.41) is 2.80. The molecular formula is C12H18N2O2. The van der Waals surface area contributed by atoms with E-state index in [0.717, 1.165) is 11.3 Å². The average molecular weight is 222 g/mol. The largest absolute Gasteiger partial charge is 0.354 e. The Kier molecular flexibility index (Phi) is 3.52. The standard InChI is InChI=1S/C12H18N2O2/c1-6(2)13-12(16)11-7(3)10(9(5)15)8(4)14-11/h6,14H,1-5H3,(H,13,16). The SMILES string of the molecule is CC(=O)c1c(C)[nH]c(C(=O)NC(C)C)c1C. The van der Waals surface area contributed by atoms with Gasteiger partial charge in [-0.15, -0.1) is 0 Å². The number of amides is 1. The zero-order valence-electron chi connectivity index (χ0n) is 10.4. The topological polar surface area (TPSA) is 62.0 Å². The molecule has 0 fully saturated rings. The molecule has 1 rings (SSSR count). The molecule has 0 saturated heterocycles. The molecule has 1 amide bonds. The Labute approximate surface area is 95.4 Å². The Morgan fingerprint density at radius 1 is 1.25 bits per heavy atom. The first-order chi connectivity index (χ1) is 7.34. The van der Waals surface area contributed by atoms with Crippen molar-refractivity contribution < 1.29 is 9.59 Å². The number of H-pyrrole nitrogens is 1. The lowest BCUT2D eigenvalue weighted by molar-refractivity contribution is 0.0937. The summed E-state index contributed by atoms with van der Waals surface area (Å²) in [5.74, 6) is -0.182. The lowest BCUT2D eigenvalue weighted by Gasteiger charge is -2.07. The van der Waals surface area contributed by atoms with Gasteiger partial charge >= 0.3 is 0 Å². The maximum Gasteiger partial charge on any atom is 0.268 e. The van der Waals surface area contributed by atoms with Crippen LogP contribution < -0.4 is 5.32 Å². The Morgan fingerprint density at radius 3 is 2.19 bits per heavy atom. The fraction of sp³-hybridized carbons (Fsp3) is 0.500. The molecule has 88 valence electrons. The number of nitrogens with one attached hydrogen (secondary N) is 2. The number of Topliss-reactive ketones (excluding diaryl/α,β-unsaturated/α-hetero) is 1. The Morgan fingerprint density at radius 2 is 1.81 bits per heavy atom. The third-order valence-corrected chi connectivity index (χ3v) is 2.44. The molecule has 0 saturated carbocycles. The molecule has 0 aromatic carbocycles. The van der Waals surface area contributed by atoms with Crippen LogP contribution in [0.25, 0.3) is 0 Å². The van der Waals surface area contributed by atoms with Crippen molar-refractivity contribution in [1.29, 1.82) is 0 Å². The second kappa shape index (κ2) is 4.51. The van der Waals surface area contributed by atoms with Crippen LogP contribution in [0.15, 0.2) is 0 Å². The van der Waals surface area contributed by atoms with Crippen LogP contribution in [0.1, 0.15) is 52.9 Å². The third-order valence-electron chi connectivity index (χ3n) is 2.44. The molecule has 2 N–H and O–H groups in total. The molecule has 0 aliphatic heterocycles. The minimum absolute atomic E-state index is 0.0187. The highest BCUT2D eigenvalue weighted by atomic mass is 16.2. The highest BCUT2D eigenvalue weighted by Crippen LogP contribution is 2.18. The van der Waals surface area contributed by atoms with E-state index >= 15 is 0 Å². The monoisotopic (exact) mass is 222 g/mol. The molecule has 0 bridgehead atoms. The zero-order chi connectivity index (χ0) is 12.5. The third kappa shape index (κ3) is 2.32. The lowest BCUT2D eigenvalue weighted by atomic mass is 10.1. The number of rotatable bonds is 3. The number of aromatic nitrogens is 1. The Bertz CT molecular complexity index is 430. The van der Waals surface area contributed by atoms with Gasteiger partial charge in [0.2, 0.25) is 0 Å². The molecule has 1 aromatic rings. The van der Waals surface area contributed by atoms with Crippen LogP contribution in [0.2, 0.25) is 0 Å². The minimum atomic E-state index is -0.164. The maximum absolute atomic E-state index is 11.8. The van der Waals surface area contributed by atoms with E-state index in [4.69, 9.17) is 0 Å². The first-order valence-electron chi connectivity index (χ1n) is 5.35. The predicted molar refractivity (Wildman–Crippen MR) is 62.9 cm³/mol. The Hall–Kier alpha value is -1.58. The normalized spacial score (nSPS) is 10.6. The van der Waals surface area contributed by atoms with Crippen LogP contribution in [0, 0.1) is 13.8 Å². The van der Waals surface area contributed by atoms with Gasteiger partial charge in [0, 0.05) is 17.3 Å². The van der Waals surface area contributed by atoms with Crippen molar-refractivity contribution in [3.05, 3.63) is 22.5 Å². The van der Waals surface area contributed by atoms with Crippen LogP contribution in [0.5, 0.6) is 0 Å². The summed E-state index contributed by atoms with van der Waals surface area (Å²) in [5.41, 5.74) is 2.58. The number of carbonyl (C=O) groups is 2. The molecule has 4 nitrogen and oxygen atoms in total. The van der Waals surface area contributed by atoms with Crippen LogP contribution in [-0.2, 0) is 0 Å². The number of hydrogen-bond donors (Lipinski definition) is 2. The highest BCUT2D eigenvalue weighted by Gasteiger charge is 2.19. The van der Waals surface area contributed by atoms with Gasteiger partial charge in [0.25, 0.3) is 5.91 Å². The van der Waals surface area contributed by atoms with E-state index in [9.17, 15) is 9.59 Å². The molecule has 0 atom stereocenters. The van der Waals surface area contributed by atoms with Gasteiger partial charge in [-0.05, 0) is 40.2 Å². The first kappa shape index (κ1) is 12.5. The number of hydrogen-bond acceptors (Lipinski definition) is 2. The fourth-order valence-corrected chi connectivity index (χ4v) is 1.84. The van der Waals surface area contributed by atoms with Gasteiger partial charge in [0.05, 0.1) is 0 Å². The molecule has 16 heavy (non-hydrogen) atoms. The van der Waals surface area contributed by atoms with E-state index in [1.165, 1.54) is 6.92 Å². The summed E-state index contributed by atoms with van der Waals surface area (Å²) in [4.78, 5) is 26.2. The summed E-state index contributed by atoms with van der Waals surface area (Å²) in [6.07, 6.45) is 0. The van der Waals surface area contributed by atoms with Crippen LogP contribution >= 0.6 is 0 Å². The van der Waals surface area contributed by atoms with Crippen molar-refractivity contribution >= 4 is 11.7 Å². The molecule has 0 aliphatic carbocycles. The first-order valence-corrected chi connectivity index (χ1v) is 5.35. The zero-order valence-corrected chi connectivity index (χ0v) is 10.4. The van der Waals surface area contributed by atoms with Gasteiger partial charge in [-0.3, -0.25) is 9.59 Å². The highest BCUT2D eigenvalue weighted by molar-refractivity contribution is 6.02. The molecule has 4 heteroatoms. The van der Waals surface area contributed by atoms with Crippen LogP contribution in [0.3, 0.4) is 0 Å². The van der Waals surface area contributed by atoms with E-state index in [2.05, 4.69) is 10.3 Å². The van der Waals surface area contributed by atoms with E-state index in [0.29, 0.717) is 11.3 Å². The van der Waals surface area contributed by atoms with E-state index in [1.54, 1.807) is 13.8 Å². The van der Waals surface area contributed by atoms with Crippen molar-refractivity contribution in [3.63, 3.8) is 0 Å². The quantitative estimate of drug-likeness (QED) is 0.768. The van der Waals surface area contributed by atoms with Crippen molar-refractivity contribution in [1.82, 2.24) is 10.3 Å². The van der Waals surface area contributed by atoms with E-state index in [-0.39, 0.29) is 17.7 Å². The molecule has 1 heterocycles. The number of carbonyl (C=O) groups excluding carboxylic acids is 2. The van der Waals surface area contributed by atoms with Crippen molar-refractivity contribution in [2.75, 3.05) is 0 Å². The average Bonchev–Trinajstić information content (AvgIpc) is 2.40. The van der Waals surface area contributed by atoms with E-state index in [1.807, 2.05) is 13.8 Å². The van der Waals surface area contributed by atoms with Crippen LogP contribution in [-0.4, -0.2) is 22.7 Å². The van der Waals surface area contributed by atoms with Gasteiger partial charge in [0.1, 0.15) is 5.69 Å². The number of ketones is 1. The second-order valence-electron chi connectivity index (χ2n) is 4.31. The summed E-state index contributed by atoms with van der Waals surface area (Å²) >= 11 is 0. The maximum atomic E-state index is 11.8. The Balaban J connectivity index is 3.12. The van der Waals surface area contributed by atoms with Crippen molar-refractivity contribution in [2.24, 2.45) is 0 Å². The van der Waals surface area contributed by atoms with Gasteiger partial charge < -0.3 is 10.3 Å². The predicted octanol–water partition coefficient (Wildman–Crippen LogP) is 1.97. The van der Waals surface area contributed by atoms with Gasteiger partial charge in [-0.1, -0.05) is 0 Å². The van der Waals surface area contributed by atoms with Gasteiger partial charge in [0.15, 0.2) is 5.78 Å².